The number of ether oxygens (including phenoxy) is 2. The summed E-state index contributed by atoms with van der Waals surface area (Å²) in [4.78, 5) is 12.9. The topological polar surface area (TPSA) is 35.5 Å². The van der Waals surface area contributed by atoms with Crippen LogP contribution in [0.15, 0.2) is 84.9 Å². The number of carbonyl (C=O) groups excluding carboxylic acids is 1. The summed E-state index contributed by atoms with van der Waals surface area (Å²) in [6.45, 7) is 5.18. The van der Waals surface area contributed by atoms with Gasteiger partial charge in [0.15, 0.2) is 0 Å². The van der Waals surface area contributed by atoms with E-state index in [1.807, 2.05) is 48.5 Å². The Bertz CT molecular complexity index is 1010. The lowest BCUT2D eigenvalue weighted by molar-refractivity contribution is -0.168. The van der Waals surface area contributed by atoms with E-state index in [2.05, 4.69) is 50.2 Å². The van der Waals surface area contributed by atoms with Gasteiger partial charge in [0.25, 0.3) is 0 Å². The normalized spacial score (nSPS) is 19.6. The Hall–Kier alpha value is -3.07. The standard InChI is InChI=1S/C30H34O3/c1-30(2)22-27(25-19-17-24(18-20-25)23-12-6-3-7-13-23)29(31)33-28(30)16-10-5-11-21-32-26-14-8-4-9-15-26/h3-4,6-9,12-15,17-20,27-28H,5,10-11,16,21-22H2,1-2H3. The third-order valence-corrected chi connectivity index (χ3v) is 6.69. The molecule has 1 fully saturated rings. The Balaban J connectivity index is 1.27. The number of esters is 1. The highest BCUT2D eigenvalue weighted by molar-refractivity contribution is 5.79. The number of cyclic esters (lactones) is 1. The largest absolute Gasteiger partial charge is 0.494 e. The molecule has 3 heteroatoms. The third kappa shape index (κ3) is 6.04. The summed E-state index contributed by atoms with van der Waals surface area (Å²) in [5, 5.41) is 0. The number of carbonyl (C=O) groups is 1. The molecule has 0 N–H and O–H groups in total. The molecule has 2 unspecified atom stereocenters. The lowest BCUT2D eigenvalue weighted by Crippen LogP contribution is -2.42. The van der Waals surface area contributed by atoms with Crippen molar-refractivity contribution in [2.45, 2.75) is 58.0 Å². The van der Waals surface area contributed by atoms with Gasteiger partial charge in [-0.25, -0.2) is 0 Å². The quantitative estimate of drug-likeness (QED) is 0.255. The summed E-state index contributed by atoms with van der Waals surface area (Å²) in [6.07, 6.45) is 4.81. The van der Waals surface area contributed by atoms with Gasteiger partial charge >= 0.3 is 5.97 Å². The number of hydrogen-bond acceptors (Lipinski definition) is 3. The van der Waals surface area contributed by atoms with Crippen LogP contribution in [0.1, 0.15) is 57.4 Å². The Morgan fingerprint density at radius 3 is 2.15 bits per heavy atom. The third-order valence-electron chi connectivity index (χ3n) is 6.69. The number of para-hydroxylation sites is 1. The molecule has 3 aromatic rings. The van der Waals surface area contributed by atoms with E-state index < -0.39 is 0 Å². The van der Waals surface area contributed by atoms with Crippen LogP contribution in [0.25, 0.3) is 11.1 Å². The van der Waals surface area contributed by atoms with Crippen LogP contribution >= 0.6 is 0 Å². The summed E-state index contributed by atoms with van der Waals surface area (Å²) >= 11 is 0. The monoisotopic (exact) mass is 442 g/mol. The van der Waals surface area contributed by atoms with Crippen molar-refractivity contribution in [3.8, 4) is 16.9 Å². The number of hydrogen-bond donors (Lipinski definition) is 0. The highest BCUT2D eigenvalue weighted by Crippen LogP contribution is 2.43. The average molecular weight is 443 g/mol. The fourth-order valence-electron chi connectivity index (χ4n) is 4.68. The van der Waals surface area contributed by atoms with Crippen molar-refractivity contribution in [3.05, 3.63) is 90.5 Å². The van der Waals surface area contributed by atoms with Crippen LogP contribution in [-0.2, 0) is 9.53 Å². The van der Waals surface area contributed by atoms with E-state index in [0.717, 1.165) is 55.6 Å². The summed E-state index contributed by atoms with van der Waals surface area (Å²) in [5.74, 6) is 0.641. The van der Waals surface area contributed by atoms with Gasteiger partial charge in [-0.2, -0.15) is 0 Å². The number of rotatable bonds is 9. The molecular formula is C30H34O3. The van der Waals surface area contributed by atoms with Crippen molar-refractivity contribution in [3.63, 3.8) is 0 Å². The van der Waals surface area contributed by atoms with E-state index in [1.54, 1.807) is 0 Å². The summed E-state index contributed by atoms with van der Waals surface area (Å²) in [7, 11) is 0. The average Bonchev–Trinajstić information content (AvgIpc) is 2.84. The molecule has 0 aliphatic carbocycles. The van der Waals surface area contributed by atoms with E-state index in [-0.39, 0.29) is 23.4 Å². The first kappa shape index (κ1) is 23.1. The Kier molecular flexibility index (Phi) is 7.49. The molecule has 0 bridgehead atoms. The van der Waals surface area contributed by atoms with Crippen molar-refractivity contribution >= 4 is 5.97 Å². The van der Waals surface area contributed by atoms with E-state index in [9.17, 15) is 4.79 Å². The molecule has 2 atom stereocenters. The molecular weight excluding hydrogens is 408 g/mol. The first-order chi connectivity index (χ1) is 16.0. The second-order valence-electron chi connectivity index (χ2n) is 9.67. The molecule has 4 rings (SSSR count). The molecule has 0 radical (unpaired) electrons. The first-order valence-corrected chi connectivity index (χ1v) is 12.1. The van der Waals surface area contributed by atoms with Gasteiger partial charge in [0, 0.05) is 5.41 Å². The van der Waals surface area contributed by atoms with Crippen LogP contribution in [0.2, 0.25) is 0 Å². The molecule has 1 aliphatic heterocycles. The molecule has 3 aromatic carbocycles. The van der Waals surface area contributed by atoms with Crippen LogP contribution in [-0.4, -0.2) is 18.7 Å². The zero-order chi connectivity index (χ0) is 23.1. The van der Waals surface area contributed by atoms with Crippen LogP contribution in [0.5, 0.6) is 5.75 Å². The van der Waals surface area contributed by atoms with Gasteiger partial charge in [0.2, 0.25) is 0 Å². The molecule has 0 saturated carbocycles. The van der Waals surface area contributed by atoms with Gasteiger partial charge in [-0.3, -0.25) is 4.79 Å². The summed E-state index contributed by atoms with van der Waals surface area (Å²) in [6, 6.07) is 28.6. The Morgan fingerprint density at radius 2 is 1.45 bits per heavy atom. The molecule has 0 spiro atoms. The minimum atomic E-state index is -0.194. The maximum Gasteiger partial charge on any atom is 0.313 e. The lowest BCUT2D eigenvalue weighted by atomic mass is 9.72. The van der Waals surface area contributed by atoms with Crippen LogP contribution in [0, 0.1) is 5.41 Å². The summed E-state index contributed by atoms with van der Waals surface area (Å²) < 4.78 is 11.8. The maximum atomic E-state index is 12.9. The van der Waals surface area contributed by atoms with Crippen molar-refractivity contribution in [2.75, 3.05) is 6.61 Å². The van der Waals surface area contributed by atoms with Crippen molar-refractivity contribution in [1.82, 2.24) is 0 Å². The van der Waals surface area contributed by atoms with Gasteiger partial charge in [-0.15, -0.1) is 0 Å². The zero-order valence-electron chi connectivity index (χ0n) is 19.7. The predicted octanol–water partition coefficient (Wildman–Crippen LogP) is 7.42. The predicted molar refractivity (Wildman–Crippen MR) is 133 cm³/mol. The second kappa shape index (κ2) is 10.7. The molecule has 1 aliphatic rings. The van der Waals surface area contributed by atoms with E-state index in [4.69, 9.17) is 9.47 Å². The molecule has 1 saturated heterocycles. The molecule has 172 valence electrons. The molecule has 3 nitrogen and oxygen atoms in total. The second-order valence-corrected chi connectivity index (χ2v) is 9.67. The molecule has 33 heavy (non-hydrogen) atoms. The van der Waals surface area contributed by atoms with Crippen LogP contribution < -0.4 is 4.74 Å². The minimum absolute atomic E-state index is 0.0279. The van der Waals surface area contributed by atoms with E-state index in [1.165, 1.54) is 5.56 Å². The van der Waals surface area contributed by atoms with Crippen LogP contribution in [0.4, 0.5) is 0 Å². The fraction of sp³-hybridized carbons (Fsp3) is 0.367. The molecule has 0 aromatic heterocycles. The van der Waals surface area contributed by atoms with Gasteiger partial charge < -0.3 is 9.47 Å². The van der Waals surface area contributed by atoms with Gasteiger partial charge in [0.05, 0.1) is 12.5 Å². The molecule has 1 heterocycles. The first-order valence-electron chi connectivity index (χ1n) is 12.1. The van der Waals surface area contributed by atoms with Gasteiger partial charge in [-0.05, 0) is 60.9 Å². The number of benzene rings is 3. The van der Waals surface area contributed by atoms with E-state index >= 15 is 0 Å². The summed E-state index contributed by atoms with van der Waals surface area (Å²) in [5.41, 5.74) is 3.35. The lowest BCUT2D eigenvalue weighted by Gasteiger charge is -2.41. The van der Waals surface area contributed by atoms with Gasteiger partial charge in [0.1, 0.15) is 11.9 Å². The zero-order valence-corrected chi connectivity index (χ0v) is 19.7. The SMILES string of the molecule is CC1(C)CC(c2ccc(-c3ccccc3)cc2)C(=O)OC1CCCCCOc1ccccc1. The smallest absolute Gasteiger partial charge is 0.313 e. The van der Waals surface area contributed by atoms with Crippen molar-refractivity contribution < 1.29 is 14.3 Å². The van der Waals surface area contributed by atoms with E-state index in [0.29, 0.717) is 0 Å². The van der Waals surface area contributed by atoms with Crippen LogP contribution in [0.3, 0.4) is 0 Å². The van der Waals surface area contributed by atoms with Crippen molar-refractivity contribution in [2.24, 2.45) is 5.41 Å². The number of unbranched alkanes of at least 4 members (excludes halogenated alkanes) is 2. The Labute approximate surface area is 197 Å². The molecule has 0 amide bonds. The maximum absolute atomic E-state index is 12.9. The van der Waals surface area contributed by atoms with Crippen molar-refractivity contribution in [1.29, 1.82) is 0 Å². The highest BCUT2D eigenvalue weighted by Gasteiger charge is 2.43. The minimum Gasteiger partial charge on any atom is -0.494 e. The Morgan fingerprint density at radius 1 is 0.818 bits per heavy atom. The van der Waals surface area contributed by atoms with Gasteiger partial charge in [-0.1, -0.05) is 86.6 Å². The highest BCUT2D eigenvalue weighted by atomic mass is 16.5. The fourth-order valence-corrected chi connectivity index (χ4v) is 4.68.